The first-order valence-corrected chi connectivity index (χ1v) is 8.47. The number of para-hydroxylation sites is 1. The smallest absolute Gasteiger partial charge is 0.126 e. The molecule has 0 bridgehead atoms. The molecule has 1 aromatic carbocycles. The highest BCUT2D eigenvalue weighted by molar-refractivity contribution is 14.1. The highest BCUT2D eigenvalue weighted by Crippen LogP contribution is 2.35. The summed E-state index contributed by atoms with van der Waals surface area (Å²) in [6.07, 6.45) is 3.54. The molecule has 0 spiro atoms. The number of benzene rings is 1. The summed E-state index contributed by atoms with van der Waals surface area (Å²) < 4.78 is 1.15. The Morgan fingerprint density at radius 1 is 1.32 bits per heavy atom. The normalized spacial score (nSPS) is 10.9. The van der Waals surface area contributed by atoms with Crippen molar-refractivity contribution in [2.75, 3.05) is 5.32 Å². The second-order valence-corrected chi connectivity index (χ2v) is 7.73. The van der Waals surface area contributed by atoms with E-state index in [0.717, 1.165) is 35.4 Å². The Morgan fingerprint density at radius 2 is 2.23 bits per heavy atom. The van der Waals surface area contributed by atoms with E-state index >= 15 is 0 Å². The fourth-order valence-electron chi connectivity index (χ4n) is 2.50. The number of pyridine rings is 1. The van der Waals surface area contributed by atoms with E-state index < -0.39 is 0 Å². The van der Waals surface area contributed by atoms with Crippen LogP contribution in [0, 0.1) is 14.2 Å². The van der Waals surface area contributed by atoms with Gasteiger partial charge in [-0.2, -0.15) is 5.26 Å². The van der Waals surface area contributed by atoms with Crippen LogP contribution in [0.1, 0.15) is 5.56 Å². The molecule has 4 rings (SSSR count). The maximum atomic E-state index is 9.40. The minimum atomic E-state index is 0.547. The molecule has 0 saturated carbocycles. The van der Waals surface area contributed by atoms with Gasteiger partial charge in [0, 0.05) is 23.2 Å². The van der Waals surface area contributed by atoms with Crippen molar-refractivity contribution in [1.82, 2.24) is 9.97 Å². The number of rotatable bonds is 2. The van der Waals surface area contributed by atoms with Gasteiger partial charge in [-0.3, -0.25) is 0 Å². The molecule has 0 aliphatic rings. The first-order valence-electron chi connectivity index (χ1n) is 6.57. The van der Waals surface area contributed by atoms with Crippen LogP contribution >= 0.6 is 33.9 Å². The summed E-state index contributed by atoms with van der Waals surface area (Å²) in [5.74, 6) is 0. The second-order valence-electron chi connectivity index (χ2n) is 4.80. The molecule has 0 fully saturated rings. The zero-order chi connectivity index (χ0) is 15.1. The monoisotopic (exact) mass is 416 g/mol. The lowest BCUT2D eigenvalue weighted by Crippen LogP contribution is -1.96. The summed E-state index contributed by atoms with van der Waals surface area (Å²) in [6, 6.07) is 12.4. The summed E-state index contributed by atoms with van der Waals surface area (Å²) in [5.41, 5.74) is 3.34. The molecular formula is C16H9IN4S. The van der Waals surface area contributed by atoms with E-state index in [-0.39, 0.29) is 0 Å². The van der Waals surface area contributed by atoms with Gasteiger partial charge in [0.15, 0.2) is 0 Å². The van der Waals surface area contributed by atoms with Crippen molar-refractivity contribution in [3.05, 3.63) is 51.2 Å². The van der Waals surface area contributed by atoms with Crippen molar-refractivity contribution in [1.29, 1.82) is 5.26 Å². The summed E-state index contributed by atoms with van der Waals surface area (Å²) in [6.45, 7) is 0. The van der Waals surface area contributed by atoms with E-state index in [4.69, 9.17) is 0 Å². The number of H-pyrrole nitrogens is 1. The zero-order valence-corrected chi connectivity index (χ0v) is 14.2. The number of thiophene rings is 1. The van der Waals surface area contributed by atoms with E-state index in [9.17, 15) is 5.26 Å². The van der Waals surface area contributed by atoms with Crippen LogP contribution in [0.3, 0.4) is 0 Å². The van der Waals surface area contributed by atoms with Crippen LogP contribution in [-0.2, 0) is 0 Å². The van der Waals surface area contributed by atoms with Gasteiger partial charge >= 0.3 is 0 Å². The predicted octanol–water partition coefficient (Wildman–Crippen LogP) is 5.00. The van der Waals surface area contributed by atoms with Gasteiger partial charge in [-0.25, -0.2) is 4.98 Å². The number of fused-ring (bicyclic) bond motifs is 2. The van der Waals surface area contributed by atoms with E-state index in [0.29, 0.717) is 5.56 Å². The quantitative estimate of drug-likeness (QED) is 0.452. The van der Waals surface area contributed by atoms with Crippen LogP contribution < -0.4 is 5.32 Å². The number of nitrogens with zero attached hydrogens (tertiary/aromatic N) is 2. The molecule has 0 atom stereocenters. The van der Waals surface area contributed by atoms with Crippen molar-refractivity contribution in [3.63, 3.8) is 0 Å². The molecule has 2 N–H and O–H groups in total. The zero-order valence-electron chi connectivity index (χ0n) is 11.2. The van der Waals surface area contributed by atoms with Gasteiger partial charge in [-0.1, -0.05) is 12.1 Å². The lowest BCUT2D eigenvalue weighted by atomic mass is 10.1. The molecule has 0 unspecified atom stereocenters. The lowest BCUT2D eigenvalue weighted by molar-refractivity contribution is 1.38. The first kappa shape index (κ1) is 13.5. The van der Waals surface area contributed by atoms with Gasteiger partial charge in [0.1, 0.15) is 10.9 Å². The topological polar surface area (TPSA) is 64.5 Å². The van der Waals surface area contributed by atoms with Crippen LogP contribution in [0.2, 0.25) is 0 Å². The summed E-state index contributed by atoms with van der Waals surface area (Å²) >= 11 is 3.90. The predicted molar refractivity (Wildman–Crippen MR) is 98.6 cm³/mol. The average Bonchev–Trinajstić information content (AvgIpc) is 3.13. The second kappa shape index (κ2) is 5.26. The van der Waals surface area contributed by atoms with Gasteiger partial charge < -0.3 is 10.3 Å². The molecule has 106 valence electrons. The molecule has 22 heavy (non-hydrogen) atoms. The Bertz CT molecular complexity index is 1040. The Morgan fingerprint density at radius 3 is 3.09 bits per heavy atom. The summed E-state index contributed by atoms with van der Waals surface area (Å²) in [4.78, 5) is 8.54. The summed E-state index contributed by atoms with van der Waals surface area (Å²) in [7, 11) is 0. The number of aromatic nitrogens is 2. The van der Waals surface area contributed by atoms with Gasteiger partial charge in [0.2, 0.25) is 0 Å². The largest absolute Gasteiger partial charge is 0.359 e. The van der Waals surface area contributed by atoms with Crippen LogP contribution in [-0.4, -0.2) is 9.97 Å². The van der Waals surface area contributed by atoms with E-state index in [1.807, 2.05) is 24.4 Å². The average molecular weight is 416 g/mol. The van der Waals surface area contributed by atoms with Crippen LogP contribution in [0.15, 0.2) is 42.7 Å². The third-order valence-corrected chi connectivity index (χ3v) is 5.30. The van der Waals surface area contributed by atoms with E-state index in [1.165, 1.54) is 0 Å². The number of hydrogen-bond donors (Lipinski definition) is 2. The molecule has 0 saturated heterocycles. The molecule has 0 amide bonds. The maximum Gasteiger partial charge on any atom is 0.126 e. The van der Waals surface area contributed by atoms with Crippen LogP contribution in [0.25, 0.3) is 21.1 Å². The van der Waals surface area contributed by atoms with Gasteiger partial charge in [0.05, 0.1) is 25.3 Å². The van der Waals surface area contributed by atoms with Crippen molar-refractivity contribution in [2.24, 2.45) is 0 Å². The Labute approximate surface area is 143 Å². The molecule has 6 heteroatoms. The number of aromatic amines is 1. The highest BCUT2D eigenvalue weighted by Gasteiger charge is 2.13. The van der Waals surface area contributed by atoms with Gasteiger partial charge in [0.25, 0.3) is 0 Å². The lowest BCUT2D eigenvalue weighted by Gasteiger charge is -2.10. The van der Waals surface area contributed by atoms with Crippen molar-refractivity contribution >= 4 is 66.4 Å². The fourth-order valence-corrected chi connectivity index (χ4v) is 4.18. The van der Waals surface area contributed by atoms with Crippen molar-refractivity contribution in [3.8, 4) is 6.07 Å². The molecule has 0 aliphatic carbocycles. The van der Waals surface area contributed by atoms with Crippen molar-refractivity contribution < 1.29 is 0 Å². The Hall–Kier alpha value is -2.11. The number of halogens is 1. The molecule has 0 aliphatic heterocycles. The number of nitrogens with one attached hydrogen (secondary N) is 2. The minimum Gasteiger partial charge on any atom is -0.359 e. The maximum absolute atomic E-state index is 9.40. The minimum absolute atomic E-state index is 0.547. The molecule has 4 aromatic rings. The SMILES string of the molecule is N#Cc1cnc2sc(I)cc2c1Nc1cccc2cc[nH]c12. The molecule has 0 radical (unpaired) electrons. The Kier molecular flexibility index (Phi) is 3.24. The molecule has 4 nitrogen and oxygen atoms in total. The molecular weight excluding hydrogens is 407 g/mol. The highest BCUT2D eigenvalue weighted by atomic mass is 127. The third-order valence-electron chi connectivity index (χ3n) is 3.50. The fraction of sp³-hybridized carbons (Fsp3) is 0. The number of anilines is 2. The van der Waals surface area contributed by atoms with Crippen molar-refractivity contribution in [2.45, 2.75) is 0 Å². The van der Waals surface area contributed by atoms with Gasteiger partial charge in [-0.15, -0.1) is 11.3 Å². The number of hydrogen-bond acceptors (Lipinski definition) is 4. The van der Waals surface area contributed by atoms with E-state index in [1.54, 1.807) is 17.5 Å². The Balaban J connectivity index is 1.94. The van der Waals surface area contributed by atoms with Gasteiger partial charge in [-0.05, 0) is 40.8 Å². The first-order chi connectivity index (χ1) is 10.8. The molecule has 3 aromatic heterocycles. The summed E-state index contributed by atoms with van der Waals surface area (Å²) in [5, 5.41) is 14.9. The van der Waals surface area contributed by atoms with Crippen LogP contribution in [0.4, 0.5) is 11.4 Å². The number of nitriles is 1. The molecule has 3 heterocycles. The third kappa shape index (κ3) is 2.14. The standard InChI is InChI=1S/C16H9IN4S/c17-13-6-11-14(10(7-18)8-20-16(11)22-13)21-12-3-1-2-9-4-5-19-15(9)12/h1-6,8,19H,(H,20,21). The van der Waals surface area contributed by atoms with Crippen LogP contribution in [0.5, 0.6) is 0 Å². The van der Waals surface area contributed by atoms with E-state index in [2.05, 4.69) is 56.1 Å².